The molecule has 3 nitrogen and oxygen atoms in total. The molecule has 0 saturated heterocycles. The average molecular weight is 273 g/mol. The van der Waals surface area contributed by atoms with Gasteiger partial charge in [-0.25, -0.2) is 9.97 Å². The quantitative estimate of drug-likeness (QED) is 0.799. The molecule has 0 fully saturated rings. The summed E-state index contributed by atoms with van der Waals surface area (Å²) in [7, 11) is 0. The highest BCUT2D eigenvalue weighted by Gasteiger charge is 2.06. The second-order valence-electron chi connectivity index (χ2n) is 2.80. The second-order valence-corrected chi connectivity index (χ2v) is 4.09. The van der Waals surface area contributed by atoms with Crippen LogP contribution in [0.2, 0.25) is 5.02 Å². The number of pyridine rings is 1. The molecule has 0 saturated carbocycles. The minimum Gasteiger partial charge on any atom is -0.287 e. The summed E-state index contributed by atoms with van der Waals surface area (Å²) in [5.41, 5.74) is 0. The predicted octanol–water partition coefficient (Wildman–Crippen LogP) is 2.99. The molecule has 0 aliphatic rings. The molecule has 0 aromatic carbocycles. The van der Waals surface area contributed by atoms with Crippen molar-refractivity contribution in [2.24, 2.45) is 0 Å². The predicted molar refractivity (Wildman–Crippen MR) is 58.8 cm³/mol. The Morgan fingerprint density at radius 2 is 2.21 bits per heavy atom. The minimum atomic E-state index is 0.610. The van der Waals surface area contributed by atoms with Crippen molar-refractivity contribution in [2.45, 2.75) is 6.92 Å². The maximum atomic E-state index is 5.80. The van der Waals surface area contributed by atoms with Crippen LogP contribution >= 0.6 is 27.5 Å². The van der Waals surface area contributed by atoms with Gasteiger partial charge in [-0.05, 0) is 28.9 Å². The lowest BCUT2D eigenvalue weighted by Crippen LogP contribution is -1.99. The number of hydrogen-bond donors (Lipinski definition) is 0. The maximum Gasteiger partial charge on any atom is 0.152 e. The van der Waals surface area contributed by atoms with E-state index in [1.807, 2.05) is 23.8 Å². The standard InChI is InChI=1S/C9H7BrClN3/c1-6-12-2-3-14(6)9-8(10)4-7(11)5-13-9/h2-5H,1H3. The highest BCUT2D eigenvalue weighted by molar-refractivity contribution is 9.10. The largest absolute Gasteiger partial charge is 0.287 e. The first-order valence-corrected chi connectivity index (χ1v) is 5.17. The molecule has 5 heteroatoms. The van der Waals surface area contributed by atoms with Crippen molar-refractivity contribution in [3.05, 3.63) is 40.0 Å². The number of nitrogens with zero attached hydrogens (tertiary/aromatic N) is 3. The normalized spacial score (nSPS) is 10.5. The first-order valence-electron chi connectivity index (χ1n) is 4.00. The summed E-state index contributed by atoms with van der Waals surface area (Å²) in [6, 6.07) is 1.81. The molecule has 0 amide bonds. The molecule has 0 N–H and O–H groups in total. The number of aryl methyl sites for hydroxylation is 1. The van der Waals surface area contributed by atoms with Crippen molar-refractivity contribution in [3.63, 3.8) is 0 Å². The van der Waals surface area contributed by atoms with Crippen molar-refractivity contribution in [1.29, 1.82) is 0 Å². The van der Waals surface area contributed by atoms with Crippen LogP contribution in [0.15, 0.2) is 29.1 Å². The number of aromatic nitrogens is 3. The Morgan fingerprint density at radius 1 is 1.43 bits per heavy atom. The zero-order valence-electron chi connectivity index (χ0n) is 7.41. The van der Waals surface area contributed by atoms with E-state index in [1.165, 1.54) is 0 Å². The van der Waals surface area contributed by atoms with E-state index in [9.17, 15) is 0 Å². The van der Waals surface area contributed by atoms with E-state index in [0.29, 0.717) is 5.02 Å². The van der Waals surface area contributed by atoms with E-state index < -0.39 is 0 Å². The Bertz CT molecular complexity index is 467. The van der Waals surface area contributed by atoms with Gasteiger partial charge in [-0.2, -0.15) is 0 Å². The molecule has 2 aromatic heterocycles. The van der Waals surface area contributed by atoms with Crippen molar-refractivity contribution >= 4 is 27.5 Å². The van der Waals surface area contributed by atoms with Crippen LogP contribution < -0.4 is 0 Å². The molecule has 2 rings (SSSR count). The summed E-state index contributed by atoms with van der Waals surface area (Å²) in [6.07, 6.45) is 5.20. The van der Waals surface area contributed by atoms with Gasteiger partial charge in [-0.1, -0.05) is 11.6 Å². The molecule has 2 heterocycles. The summed E-state index contributed by atoms with van der Waals surface area (Å²) < 4.78 is 2.74. The Kier molecular flexibility index (Phi) is 2.56. The third-order valence-electron chi connectivity index (χ3n) is 1.84. The third kappa shape index (κ3) is 1.67. The fraction of sp³-hybridized carbons (Fsp3) is 0.111. The van der Waals surface area contributed by atoms with Gasteiger partial charge in [0.1, 0.15) is 5.82 Å². The van der Waals surface area contributed by atoms with Gasteiger partial charge in [0.2, 0.25) is 0 Å². The molecule has 0 aliphatic carbocycles. The molecule has 2 aromatic rings. The summed E-state index contributed by atoms with van der Waals surface area (Å²) in [6.45, 7) is 1.92. The van der Waals surface area contributed by atoms with E-state index in [4.69, 9.17) is 11.6 Å². The molecular formula is C9H7BrClN3. The van der Waals surface area contributed by atoms with Gasteiger partial charge < -0.3 is 0 Å². The van der Waals surface area contributed by atoms with Gasteiger partial charge in [0.15, 0.2) is 5.82 Å². The first kappa shape index (κ1) is 9.68. The molecule has 0 unspecified atom stereocenters. The lowest BCUT2D eigenvalue weighted by Gasteiger charge is -2.05. The minimum absolute atomic E-state index is 0.610. The van der Waals surface area contributed by atoms with Crippen LogP contribution in [-0.2, 0) is 0 Å². The summed E-state index contributed by atoms with van der Waals surface area (Å²) in [5.74, 6) is 1.69. The third-order valence-corrected chi connectivity index (χ3v) is 2.63. The van der Waals surface area contributed by atoms with Crippen LogP contribution in [-0.4, -0.2) is 14.5 Å². The van der Waals surface area contributed by atoms with Crippen LogP contribution in [0.1, 0.15) is 5.82 Å². The number of halogens is 2. The van der Waals surface area contributed by atoms with Gasteiger partial charge in [0, 0.05) is 18.6 Å². The zero-order valence-corrected chi connectivity index (χ0v) is 9.75. The maximum absolute atomic E-state index is 5.80. The fourth-order valence-electron chi connectivity index (χ4n) is 1.19. The van der Waals surface area contributed by atoms with Gasteiger partial charge in [0.25, 0.3) is 0 Å². The van der Waals surface area contributed by atoms with Crippen LogP contribution in [0.4, 0.5) is 0 Å². The Hall–Kier alpha value is -0.870. The smallest absolute Gasteiger partial charge is 0.152 e. The van der Waals surface area contributed by atoms with E-state index in [-0.39, 0.29) is 0 Å². The SMILES string of the molecule is Cc1nccn1-c1ncc(Cl)cc1Br. The van der Waals surface area contributed by atoms with Gasteiger partial charge in [-0.3, -0.25) is 4.57 Å². The molecule has 0 aliphatic heterocycles. The number of rotatable bonds is 1. The Balaban J connectivity index is 2.58. The number of hydrogen-bond acceptors (Lipinski definition) is 2. The highest BCUT2D eigenvalue weighted by atomic mass is 79.9. The molecule has 72 valence electrons. The monoisotopic (exact) mass is 271 g/mol. The summed E-state index contributed by atoms with van der Waals surface area (Å²) in [5, 5.41) is 0.610. The van der Waals surface area contributed by atoms with E-state index in [1.54, 1.807) is 12.4 Å². The molecule has 0 bridgehead atoms. The Labute approximate surface area is 94.9 Å². The summed E-state index contributed by atoms with van der Waals surface area (Å²) >= 11 is 9.21. The summed E-state index contributed by atoms with van der Waals surface area (Å²) in [4.78, 5) is 8.35. The first-order chi connectivity index (χ1) is 6.68. The zero-order chi connectivity index (χ0) is 10.1. The molecule has 14 heavy (non-hydrogen) atoms. The highest BCUT2D eigenvalue weighted by Crippen LogP contribution is 2.22. The Morgan fingerprint density at radius 3 is 2.79 bits per heavy atom. The van der Waals surface area contributed by atoms with Crippen molar-refractivity contribution < 1.29 is 0 Å². The van der Waals surface area contributed by atoms with Crippen LogP contribution in [0.25, 0.3) is 5.82 Å². The second kappa shape index (κ2) is 3.71. The van der Waals surface area contributed by atoms with E-state index in [0.717, 1.165) is 16.1 Å². The van der Waals surface area contributed by atoms with E-state index in [2.05, 4.69) is 25.9 Å². The van der Waals surface area contributed by atoms with Crippen molar-refractivity contribution in [3.8, 4) is 5.82 Å². The van der Waals surface area contributed by atoms with Gasteiger partial charge in [0.05, 0.1) is 9.50 Å². The van der Waals surface area contributed by atoms with Gasteiger partial charge >= 0.3 is 0 Å². The average Bonchev–Trinajstić information content (AvgIpc) is 2.52. The van der Waals surface area contributed by atoms with Crippen LogP contribution in [0.3, 0.4) is 0 Å². The fourth-order valence-corrected chi connectivity index (χ4v) is 2.02. The topological polar surface area (TPSA) is 30.7 Å². The molecule has 0 atom stereocenters. The molecular weight excluding hydrogens is 265 g/mol. The molecule has 0 spiro atoms. The van der Waals surface area contributed by atoms with Crippen molar-refractivity contribution in [1.82, 2.24) is 14.5 Å². The van der Waals surface area contributed by atoms with Gasteiger partial charge in [-0.15, -0.1) is 0 Å². The van der Waals surface area contributed by atoms with Crippen LogP contribution in [0.5, 0.6) is 0 Å². The van der Waals surface area contributed by atoms with E-state index >= 15 is 0 Å². The van der Waals surface area contributed by atoms with Crippen molar-refractivity contribution in [2.75, 3.05) is 0 Å². The molecule has 0 radical (unpaired) electrons. The lowest BCUT2D eigenvalue weighted by atomic mass is 10.4. The number of imidazole rings is 1. The lowest BCUT2D eigenvalue weighted by molar-refractivity contribution is 0.926. The van der Waals surface area contributed by atoms with Crippen LogP contribution in [0, 0.1) is 6.92 Å².